The van der Waals surface area contributed by atoms with Crippen molar-refractivity contribution in [3.05, 3.63) is 93.9 Å². The molecular formula is C42H55N9O3. The minimum Gasteiger partial charge on any atom is -0.376 e. The number of nitrogens with one attached hydrogen (secondary N) is 3. The third-order valence-corrected chi connectivity index (χ3v) is 12.4. The fourth-order valence-electron chi connectivity index (χ4n) is 9.43. The zero-order valence-electron chi connectivity index (χ0n) is 31.7. The molecule has 0 aliphatic carbocycles. The first-order valence-electron chi connectivity index (χ1n) is 20.1. The lowest BCUT2D eigenvalue weighted by atomic mass is 9.89. The van der Waals surface area contributed by atoms with Crippen LogP contribution in [0.3, 0.4) is 0 Å². The van der Waals surface area contributed by atoms with Crippen LogP contribution in [0.1, 0.15) is 86.2 Å². The number of amides is 2. The number of aliphatic hydroxyl groups excluding tert-OH is 1. The standard InChI is InChI=1S/C42H55N9O3/c1-3-15-49-22-14-43-39(49)31-10-16-48(17-11-31)34-12-20-50(21-13-34)41(53)37(25-29-23-28(2)38-33(24-29)27-44-47-38)46-42(54)51-18-8-30(9-19-51)35-26-32-6-4-5-7-36(32)45-40(35)52/h4-7,14,22-24,26-27,30-31,34,37,41,53H,3,8-13,15-21,25H2,1-2H3,(H,44,47)(H,45,52)(H,46,54). The first-order chi connectivity index (χ1) is 26.3. The van der Waals surface area contributed by atoms with E-state index < -0.39 is 12.3 Å². The summed E-state index contributed by atoms with van der Waals surface area (Å²) in [4.78, 5) is 41.3. The largest absolute Gasteiger partial charge is 0.376 e. The van der Waals surface area contributed by atoms with Gasteiger partial charge in [-0.25, -0.2) is 9.78 Å². The van der Waals surface area contributed by atoms with Crippen molar-refractivity contribution in [1.29, 1.82) is 0 Å². The van der Waals surface area contributed by atoms with Gasteiger partial charge in [-0.1, -0.05) is 31.2 Å². The number of urea groups is 1. The number of carbonyl (C=O) groups excluding carboxylic acids is 1. The first-order valence-corrected chi connectivity index (χ1v) is 20.1. The maximum atomic E-state index is 13.9. The van der Waals surface area contributed by atoms with Crippen LogP contribution in [-0.2, 0) is 13.0 Å². The third kappa shape index (κ3) is 7.69. The average molecular weight is 734 g/mol. The minimum absolute atomic E-state index is 0.0479. The lowest BCUT2D eigenvalue weighted by molar-refractivity contribution is -0.0466. The lowest BCUT2D eigenvalue weighted by Gasteiger charge is -2.44. The molecule has 12 heteroatoms. The van der Waals surface area contributed by atoms with Crippen molar-refractivity contribution in [2.45, 2.75) is 102 Å². The van der Waals surface area contributed by atoms with Gasteiger partial charge in [-0.2, -0.15) is 5.10 Å². The highest BCUT2D eigenvalue weighted by Crippen LogP contribution is 2.31. The predicted octanol–water partition coefficient (Wildman–Crippen LogP) is 5.48. The molecule has 0 saturated carbocycles. The number of para-hydroxylation sites is 1. The van der Waals surface area contributed by atoms with E-state index in [1.54, 1.807) is 0 Å². The highest BCUT2D eigenvalue weighted by molar-refractivity contribution is 5.82. The number of carbonyl (C=O) groups is 1. The first kappa shape index (κ1) is 36.5. The normalized spacial score (nSPS) is 19.8. The van der Waals surface area contributed by atoms with E-state index >= 15 is 0 Å². The number of rotatable bonds is 10. The molecule has 3 aliphatic rings. The number of aromatic amines is 2. The van der Waals surface area contributed by atoms with E-state index in [-0.39, 0.29) is 17.5 Å². The Labute approximate surface area is 316 Å². The molecule has 8 rings (SSSR count). The van der Waals surface area contributed by atoms with E-state index in [1.165, 1.54) is 5.82 Å². The van der Waals surface area contributed by atoms with Gasteiger partial charge in [-0.3, -0.25) is 14.8 Å². The number of piperidine rings is 3. The van der Waals surface area contributed by atoms with E-state index in [0.717, 1.165) is 103 Å². The summed E-state index contributed by atoms with van der Waals surface area (Å²) in [6.07, 6.45) is 12.4. The molecule has 0 bridgehead atoms. The molecule has 12 nitrogen and oxygen atoms in total. The Morgan fingerprint density at radius 1 is 0.963 bits per heavy atom. The number of hydrogen-bond acceptors (Lipinski definition) is 7. The van der Waals surface area contributed by atoms with Gasteiger partial charge in [0.1, 0.15) is 12.1 Å². The summed E-state index contributed by atoms with van der Waals surface area (Å²) >= 11 is 0. The molecule has 5 aromatic rings. The molecule has 54 heavy (non-hydrogen) atoms. The van der Waals surface area contributed by atoms with Crippen molar-refractivity contribution in [3.63, 3.8) is 0 Å². The second-order valence-corrected chi connectivity index (χ2v) is 15.9. The monoisotopic (exact) mass is 733 g/mol. The van der Waals surface area contributed by atoms with Gasteiger partial charge < -0.3 is 29.8 Å². The molecule has 6 heterocycles. The van der Waals surface area contributed by atoms with Gasteiger partial charge in [0, 0.05) is 73.5 Å². The van der Waals surface area contributed by atoms with Gasteiger partial charge in [-0.15, -0.1) is 0 Å². The summed E-state index contributed by atoms with van der Waals surface area (Å²) in [6.45, 7) is 10.1. The van der Waals surface area contributed by atoms with Crippen LogP contribution in [-0.4, -0.2) is 108 Å². The number of fused-ring (bicyclic) bond motifs is 2. The van der Waals surface area contributed by atoms with E-state index in [4.69, 9.17) is 4.98 Å². The Morgan fingerprint density at radius 2 is 1.72 bits per heavy atom. The van der Waals surface area contributed by atoms with Gasteiger partial charge in [0.15, 0.2) is 0 Å². The zero-order valence-corrected chi connectivity index (χ0v) is 31.7. The van der Waals surface area contributed by atoms with Gasteiger partial charge in [-0.05, 0) is 112 Å². The van der Waals surface area contributed by atoms with Crippen LogP contribution in [0, 0.1) is 6.92 Å². The van der Waals surface area contributed by atoms with Gasteiger partial charge in [0.05, 0.1) is 17.8 Å². The molecular weight excluding hydrogens is 679 g/mol. The average Bonchev–Trinajstić information content (AvgIpc) is 3.88. The Bertz CT molecular complexity index is 2100. The van der Waals surface area contributed by atoms with Gasteiger partial charge >= 0.3 is 6.03 Å². The molecule has 3 aliphatic heterocycles. The van der Waals surface area contributed by atoms with Crippen molar-refractivity contribution in [1.82, 2.24) is 44.7 Å². The number of hydrogen-bond donors (Lipinski definition) is 4. The maximum Gasteiger partial charge on any atom is 0.317 e. The summed E-state index contributed by atoms with van der Waals surface area (Å²) in [5, 5.41) is 24.6. The number of aliphatic hydroxyl groups is 1. The molecule has 3 saturated heterocycles. The number of aromatic nitrogens is 5. The maximum absolute atomic E-state index is 13.9. The van der Waals surface area contributed by atoms with Crippen LogP contribution in [0.15, 0.2) is 65.8 Å². The van der Waals surface area contributed by atoms with E-state index in [9.17, 15) is 14.7 Å². The third-order valence-electron chi connectivity index (χ3n) is 12.4. The molecule has 286 valence electrons. The predicted molar refractivity (Wildman–Crippen MR) is 212 cm³/mol. The Kier molecular flexibility index (Phi) is 10.8. The smallest absolute Gasteiger partial charge is 0.317 e. The SMILES string of the molecule is CCCn1ccnc1C1CCN(C2CCN(C(O)C(Cc3cc(C)c4[nH]ncc4c3)NC(=O)N3CCC(c4cc5ccccc5[nH]c4=O)CC3)CC2)CC1. The molecule has 2 atom stereocenters. The Balaban J connectivity index is 0.906. The van der Waals surface area contributed by atoms with Crippen molar-refractivity contribution in [2.75, 3.05) is 39.3 Å². The van der Waals surface area contributed by atoms with Crippen molar-refractivity contribution in [2.24, 2.45) is 0 Å². The van der Waals surface area contributed by atoms with Crippen molar-refractivity contribution < 1.29 is 9.90 Å². The van der Waals surface area contributed by atoms with Crippen LogP contribution < -0.4 is 10.9 Å². The highest BCUT2D eigenvalue weighted by atomic mass is 16.3. The summed E-state index contributed by atoms with van der Waals surface area (Å²) < 4.78 is 2.33. The zero-order chi connectivity index (χ0) is 37.2. The number of pyridine rings is 1. The molecule has 2 unspecified atom stereocenters. The summed E-state index contributed by atoms with van der Waals surface area (Å²) in [7, 11) is 0. The second-order valence-electron chi connectivity index (χ2n) is 15.9. The van der Waals surface area contributed by atoms with Crippen molar-refractivity contribution >= 4 is 27.8 Å². The number of benzene rings is 2. The van der Waals surface area contributed by atoms with Crippen LogP contribution in [0.2, 0.25) is 0 Å². The van der Waals surface area contributed by atoms with Crippen LogP contribution >= 0.6 is 0 Å². The molecule has 0 radical (unpaired) electrons. The molecule has 4 N–H and O–H groups in total. The molecule has 2 aromatic carbocycles. The summed E-state index contributed by atoms with van der Waals surface area (Å²) in [6, 6.07) is 13.9. The summed E-state index contributed by atoms with van der Waals surface area (Å²) in [5.41, 5.74) is 4.73. The highest BCUT2D eigenvalue weighted by Gasteiger charge is 2.35. The number of H-pyrrole nitrogens is 2. The Morgan fingerprint density at radius 3 is 2.50 bits per heavy atom. The van der Waals surface area contributed by atoms with E-state index in [1.807, 2.05) is 47.6 Å². The van der Waals surface area contributed by atoms with E-state index in [0.29, 0.717) is 44.3 Å². The van der Waals surface area contributed by atoms with Crippen molar-refractivity contribution in [3.8, 4) is 0 Å². The number of aryl methyl sites for hydroxylation is 2. The lowest BCUT2D eigenvalue weighted by Crippen LogP contribution is -2.58. The van der Waals surface area contributed by atoms with Crippen LogP contribution in [0.4, 0.5) is 4.79 Å². The fourth-order valence-corrected chi connectivity index (χ4v) is 9.43. The van der Waals surface area contributed by atoms with Crippen LogP contribution in [0.5, 0.6) is 0 Å². The van der Waals surface area contributed by atoms with Gasteiger partial charge in [0.25, 0.3) is 5.56 Å². The summed E-state index contributed by atoms with van der Waals surface area (Å²) in [5.74, 6) is 1.85. The number of likely N-dealkylation sites (tertiary alicyclic amines) is 3. The number of nitrogens with zero attached hydrogens (tertiary/aromatic N) is 6. The molecule has 3 fully saturated rings. The topological polar surface area (TPSA) is 138 Å². The van der Waals surface area contributed by atoms with Crippen LogP contribution in [0.25, 0.3) is 21.8 Å². The molecule has 2 amide bonds. The minimum atomic E-state index is -0.827. The quantitative estimate of drug-likeness (QED) is 0.149. The molecule has 0 spiro atoms. The fraction of sp³-hybridized carbons (Fsp3) is 0.524. The second kappa shape index (κ2) is 16.1. The van der Waals surface area contributed by atoms with E-state index in [2.05, 4.69) is 67.0 Å². The molecule has 3 aromatic heterocycles. The Hall–Kier alpha value is -4.52. The number of imidazole rings is 1. The van der Waals surface area contributed by atoms with Gasteiger partial charge in [0.2, 0.25) is 0 Å².